The molecule has 1 aliphatic heterocycles. The monoisotopic (exact) mass is 544 g/mol. The molecule has 4 aromatic rings. The molecule has 0 bridgehead atoms. The molecule has 202 valence electrons. The maximum absolute atomic E-state index is 13.2. The number of aryl methyl sites for hydroxylation is 2. The van der Waals surface area contributed by atoms with E-state index in [1.807, 2.05) is 39.0 Å². The van der Waals surface area contributed by atoms with E-state index in [-0.39, 0.29) is 35.3 Å². The summed E-state index contributed by atoms with van der Waals surface area (Å²) in [6.07, 6.45) is -0.335. The number of esters is 2. The van der Waals surface area contributed by atoms with Crippen molar-refractivity contribution in [2.75, 3.05) is 6.61 Å². The molecular weight excluding hydrogens is 520 g/mol. The highest BCUT2D eigenvalue weighted by molar-refractivity contribution is 5.96. The molecule has 0 N–H and O–H groups in total. The Labute approximate surface area is 237 Å². The fourth-order valence-electron chi connectivity index (χ4n) is 4.43. The van der Waals surface area contributed by atoms with Crippen LogP contribution in [0, 0.1) is 31.8 Å². The maximum Gasteiger partial charge on any atom is 0.343 e. The van der Waals surface area contributed by atoms with Crippen LogP contribution in [0.2, 0.25) is 0 Å². The quantitative estimate of drug-likeness (QED) is 0.155. The van der Waals surface area contributed by atoms with E-state index in [0.29, 0.717) is 33.9 Å². The summed E-state index contributed by atoms with van der Waals surface area (Å²) in [4.78, 5) is 29.8. The van der Waals surface area contributed by atoms with Crippen LogP contribution in [0.3, 0.4) is 0 Å². The molecule has 4 aromatic carbocycles. The number of carbonyl (C=O) groups is 2. The molecule has 0 amide bonds. The first kappa shape index (κ1) is 27.0. The van der Waals surface area contributed by atoms with Crippen molar-refractivity contribution in [1.82, 2.24) is 0 Å². The van der Waals surface area contributed by atoms with Crippen LogP contribution in [0.5, 0.6) is 23.0 Å². The Morgan fingerprint density at radius 2 is 1.37 bits per heavy atom. The topological polar surface area (TPSA) is 99.2 Å². The standard InChI is InChI=1S/C33H24N2O6/c1-19-13-26-30(28(15-19)40-33(37)24-9-11-25(35-4)12-10-24)31-27(39-21(3)18-38-26)14-20(2)16-29(31)41-32(36)23-7-5-22(17-34)6-8-23/h5-16,21H,18H2,1-3H3/t21-/m1/s1. The molecule has 0 aromatic heterocycles. The molecule has 0 radical (unpaired) electrons. The highest BCUT2D eigenvalue weighted by Crippen LogP contribution is 2.50. The Morgan fingerprint density at radius 1 is 0.854 bits per heavy atom. The number of carbonyl (C=O) groups excluding carboxylic acids is 2. The smallest absolute Gasteiger partial charge is 0.343 e. The molecule has 0 fully saturated rings. The number of fused-ring (bicyclic) bond motifs is 3. The minimum Gasteiger partial charge on any atom is -0.489 e. The third-order valence-electron chi connectivity index (χ3n) is 6.36. The normalized spacial score (nSPS) is 13.4. The molecule has 5 rings (SSSR count). The molecule has 1 atom stereocenters. The van der Waals surface area contributed by atoms with Crippen molar-refractivity contribution in [1.29, 1.82) is 5.26 Å². The molecule has 1 aliphatic rings. The summed E-state index contributed by atoms with van der Waals surface area (Å²) in [5.41, 5.74) is 3.70. The predicted octanol–water partition coefficient (Wildman–Crippen LogP) is 6.99. The fourth-order valence-corrected chi connectivity index (χ4v) is 4.43. The van der Waals surface area contributed by atoms with E-state index >= 15 is 0 Å². The molecule has 8 heteroatoms. The first-order valence-corrected chi connectivity index (χ1v) is 12.8. The molecular formula is C33H24N2O6. The van der Waals surface area contributed by atoms with E-state index in [0.717, 1.165) is 11.1 Å². The van der Waals surface area contributed by atoms with Gasteiger partial charge in [-0.3, -0.25) is 0 Å². The Bertz CT molecular complexity index is 1750. The summed E-state index contributed by atoms with van der Waals surface area (Å²) in [6, 6.07) is 21.3. The summed E-state index contributed by atoms with van der Waals surface area (Å²) in [7, 11) is 0. The van der Waals surface area contributed by atoms with Gasteiger partial charge in [0.2, 0.25) is 0 Å². The third kappa shape index (κ3) is 5.73. The van der Waals surface area contributed by atoms with E-state index in [2.05, 4.69) is 4.85 Å². The van der Waals surface area contributed by atoms with E-state index in [4.69, 9.17) is 30.8 Å². The predicted molar refractivity (Wildman–Crippen MR) is 151 cm³/mol. The maximum atomic E-state index is 13.2. The molecule has 0 saturated carbocycles. The van der Waals surface area contributed by atoms with Crippen LogP contribution in [0.1, 0.15) is 44.3 Å². The second-order valence-electron chi connectivity index (χ2n) is 9.64. The van der Waals surface area contributed by atoms with Crippen LogP contribution in [-0.2, 0) is 0 Å². The Kier molecular flexibility index (Phi) is 7.41. The van der Waals surface area contributed by atoms with Crippen LogP contribution in [0.25, 0.3) is 16.0 Å². The van der Waals surface area contributed by atoms with Gasteiger partial charge < -0.3 is 18.9 Å². The lowest BCUT2D eigenvalue weighted by Gasteiger charge is -2.27. The lowest BCUT2D eigenvalue weighted by atomic mass is 9.97. The fraction of sp³-hybridized carbons (Fsp3) is 0.152. The summed E-state index contributed by atoms with van der Waals surface area (Å²) < 4.78 is 24.2. The summed E-state index contributed by atoms with van der Waals surface area (Å²) >= 11 is 0. The Hall–Kier alpha value is -5.60. The lowest BCUT2D eigenvalue weighted by molar-refractivity contribution is 0.0720. The van der Waals surface area contributed by atoms with Crippen molar-refractivity contribution in [3.05, 3.63) is 112 Å². The largest absolute Gasteiger partial charge is 0.489 e. The number of hydrogen-bond donors (Lipinski definition) is 0. The van der Waals surface area contributed by atoms with Gasteiger partial charge >= 0.3 is 11.9 Å². The first-order chi connectivity index (χ1) is 19.7. The van der Waals surface area contributed by atoms with Gasteiger partial charge in [0, 0.05) is 0 Å². The molecule has 0 saturated heterocycles. The van der Waals surface area contributed by atoms with Gasteiger partial charge in [-0.05, 0) is 80.4 Å². The highest BCUT2D eigenvalue weighted by atomic mass is 16.6. The van der Waals surface area contributed by atoms with Crippen LogP contribution in [-0.4, -0.2) is 24.6 Å². The Morgan fingerprint density at radius 3 is 1.90 bits per heavy atom. The van der Waals surface area contributed by atoms with Crippen molar-refractivity contribution in [3.8, 4) is 40.2 Å². The van der Waals surface area contributed by atoms with Gasteiger partial charge in [-0.15, -0.1) is 0 Å². The van der Waals surface area contributed by atoms with Crippen molar-refractivity contribution in [2.24, 2.45) is 0 Å². The number of nitriles is 1. The van der Waals surface area contributed by atoms with Crippen molar-refractivity contribution < 1.29 is 28.5 Å². The Balaban J connectivity index is 1.64. The first-order valence-electron chi connectivity index (χ1n) is 12.8. The molecule has 0 aliphatic carbocycles. The molecule has 1 heterocycles. The van der Waals surface area contributed by atoms with Crippen molar-refractivity contribution >= 4 is 17.6 Å². The highest BCUT2D eigenvalue weighted by Gasteiger charge is 2.29. The van der Waals surface area contributed by atoms with E-state index in [9.17, 15) is 9.59 Å². The van der Waals surface area contributed by atoms with Gasteiger partial charge in [0.1, 0.15) is 35.7 Å². The van der Waals surface area contributed by atoms with Crippen LogP contribution in [0.4, 0.5) is 5.69 Å². The number of ether oxygens (including phenoxy) is 4. The van der Waals surface area contributed by atoms with Crippen molar-refractivity contribution in [2.45, 2.75) is 26.9 Å². The summed E-state index contributed by atoms with van der Waals surface area (Å²) in [5.74, 6) is -0.00531. The molecule has 8 nitrogen and oxygen atoms in total. The summed E-state index contributed by atoms with van der Waals surface area (Å²) in [6.45, 7) is 12.9. The van der Waals surface area contributed by atoms with Gasteiger partial charge in [0.15, 0.2) is 5.69 Å². The second kappa shape index (κ2) is 11.3. The number of hydrogen-bond acceptors (Lipinski definition) is 7. The van der Waals surface area contributed by atoms with E-state index in [1.54, 1.807) is 24.3 Å². The zero-order chi connectivity index (χ0) is 29.1. The molecule has 41 heavy (non-hydrogen) atoms. The van der Waals surface area contributed by atoms with Crippen LogP contribution in [0.15, 0.2) is 72.8 Å². The van der Waals surface area contributed by atoms with Gasteiger partial charge in [-0.25, -0.2) is 14.4 Å². The van der Waals surface area contributed by atoms with Crippen LogP contribution >= 0.6 is 0 Å². The van der Waals surface area contributed by atoms with Gasteiger partial charge in [0.05, 0.1) is 40.5 Å². The van der Waals surface area contributed by atoms with Gasteiger partial charge in [-0.2, -0.15) is 5.26 Å². The van der Waals surface area contributed by atoms with E-state index < -0.39 is 11.9 Å². The number of nitrogens with zero attached hydrogens (tertiary/aromatic N) is 2. The number of benzene rings is 4. The van der Waals surface area contributed by atoms with Crippen LogP contribution < -0.4 is 18.9 Å². The zero-order valence-corrected chi connectivity index (χ0v) is 22.6. The van der Waals surface area contributed by atoms with E-state index in [1.165, 1.54) is 36.4 Å². The van der Waals surface area contributed by atoms with Crippen molar-refractivity contribution in [3.63, 3.8) is 0 Å². The van der Waals surface area contributed by atoms with Gasteiger partial charge in [0.25, 0.3) is 0 Å². The molecule has 0 unspecified atom stereocenters. The second-order valence-corrected chi connectivity index (χ2v) is 9.64. The minimum atomic E-state index is -0.634. The average molecular weight is 545 g/mol. The summed E-state index contributed by atoms with van der Waals surface area (Å²) in [5, 5.41) is 9.09. The average Bonchev–Trinajstić information content (AvgIpc) is 2.96. The van der Waals surface area contributed by atoms with Gasteiger partial charge in [-0.1, -0.05) is 24.3 Å². The third-order valence-corrected chi connectivity index (χ3v) is 6.36. The lowest BCUT2D eigenvalue weighted by Crippen LogP contribution is -2.24. The number of rotatable bonds is 4. The SMILES string of the molecule is [C-]#[N+]c1ccc(C(=O)Oc2cc(C)cc3c2-c2c(OC(=O)c4ccc(C#N)cc4)cc(C)cc2O[C@H](C)CO3)cc1. The minimum absolute atomic E-state index is 0.191. The molecule has 0 spiro atoms. The zero-order valence-electron chi connectivity index (χ0n) is 22.6.